The summed E-state index contributed by atoms with van der Waals surface area (Å²) in [6, 6.07) is 10.8. The van der Waals surface area contributed by atoms with Crippen molar-refractivity contribution in [1.29, 1.82) is 0 Å². The summed E-state index contributed by atoms with van der Waals surface area (Å²) in [5, 5.41) is 6.96. The molecule has 1 aliphatic heterocycles. The second-order valence-corrected chi connectivity index (χ2v) is 6.99. The van der Waals surface area contributed by atoms with Crippen LogP contribution >= 0.6 is 24.0 Å². The zero-order valence-corrected chi connectivity index (χ0v) is 17.1. The van der Waals surface area contributed by atoms with Crippen molar-refractivity contribution in [3.05, 3.63) is 35.9 Å². The molecule has 1 atom stereocenters. The van der Waals surface area contributed by atoms with Gasteiger partial charge in [0.05, 0.1) is 0 Å². The zero-order valence-electron chi connectivity index (χ0n) is 14.8. The lowest BCUT2D eigenvalue weighted by atomic mass is 9.99. The highest BCUT2D eigenvalue weighted by Gasteiger charge is 2.25. The fourth-order valence-corrected chi connectivity index (χ4v) is 2.89. The molecule has 1 aliphatic rings. The Bertz CT molecular complexity index is 482. The normalized spacial score (nSPS) is 18.7. The Labute approximate surface area is 158 Å². The third-order valence-electron chi connectivity index (χ3n) is 4.03. The first kappa shape index (κ1) is 20.2. The van der Waals surface area contributed by atoms with Gasteiger partial charge in [-0.15, -0.1) is 24.0 Å². The summed E-state index contributed by atoms with van der Waals surface area (Å²) in [6.07, 6.45) is 1.20. The number of benzene rings is 1. The van der Waals surface area contributed by atoms with Gasteiger partial charge >= 0.3 is 0 Å². The van der Waals surface area contributed by atoms with Crippen molar-refractivity contribution >= 4 is 29.9 Å². The third-order valence-corrected chi connectivity index (χ3v) is 4.03. The van der Waals surface area contributed by atoms with E-state index in [1.165, 1.54) is 12.0 Å². The van der Waals surface area contributed by atoms with E-state index < -0.39 is 0 Å². The van der Waals surface area contributed by atoms with Crippen LogP contribution in [0.4, 0.5) is 0 Å². The Kier molecular flexibility index (Phi) is 8.33. The Morgan fingerprint density at radius 2 is 1.91 bits per heavy atom. The monoisotopic (exact) mass is 430 g/mol. The summed E-state index contributed by atoms with van der Waals surface area (Å²) in [4.78, 5) is 6.81. The van der Waals surface area contributed by atoms with Gasteiger partial charge in [0, 0.05) is 44.7 Å². The molecule has 1 saturated heterocycles. The summed E-state index contributed by atoms with van der Waals surface area (Å²) in [5.41, 5.74) is 1.60. The van der Waals surface area contributed by atoms with Crippen molar-refractivity contribution in [2.24, 2.45) is 4.99 Å². The van der Waals surface area contributed by atoms with Crippen molar-refractivity contribution in [2.75, 3.05) is 33.2 Å². The highest BCUT2D eigenvalue weighted by molar-refractivity contribution is 14.0. The molecule has 2 rings (SSSR count). The molecule has 0 aromatic heterocycles. The maximum Gasteiger partial charge on any atom is 0.193 e. The number of guanidine groups is 1. The third kappa shape index (κ3) is 6.67. The van der Waals surface area contributed by atoms with Crippen molar-refractivity contribution in [3.63, 3.8) is 0 Å². The molecular formula is C18H31IN4. The van der Waals surface area contributed by atoms with Gasteiger partial charge in [-0.1, -0.05) is 30.3 Å². The highest BCUT2D eigenvalue weighted by atomic mass is 127. The number of likely N-dealkylation sites (tertiary alicyclic amines) is 1. The van der Waals surface area contributed by atoms with E-state index >= 15 is 0 Å². The number of rotatable bonds is 4. The summed E-state index contributed by atoms with van der Waals surface area (Å²) in [5.74, 6) is 1.64. The van der Waals surface area contributed by atoms with Gasteiger partial charge in [0.15, 0.2) is 5.96 Å². The standard InChI is InChI=1S/C18H30N4.HI/c1-18(2,3)21-12-11-20-17(19-4)22-13-10-16(14-22)15-8-6-5-7-9-15;/h5-9,16,21H,10-14H2,1-4H3,(H,19,20);1H. The first-order chi connectivity index (χ1) is 10.5. The van der Waals surface area contributed by atoms with Gasteiger partial charge in [0.25, 0.3) is 0 Å². The van der Waals surface area contributed by atoms with Crippen LogP contribution in [0.2, 0.25) is 0 Å². The van der Waals surface area contributed by atoms with Gasteiger partial charge in [-0.05, 0) is 32.8 Å². The topological polar surface area (TPSA) is 39.7 Å². The van der Waals surface area contributed by atoms with Gasteiger partial charge in [0.1, 0.15) is 0 Å². The van der Waals surface area contributed by atoms with E-state index in [2.05, 4.69) is 71.6 Å². The molecule has 0 radical (unpaired) electrons. The molecule has 2 N–H and O–H groups in total. The molecule has 4 nitrogen and oxygen atoms in total. The first-order valence-electron chi connectivity index (χ1n) is 8.25. The Morgan fingerprint density at radius 1 is 1.22 bits per heavy atom. The molecule has 23 heavy (non-hydrogen) atoms. The summed E-state index contributed by atoms with van der Waals surface area (Å²) in [7, 11) is 1.87. The molecule has 1 aromatic carbocycles. The summed E-state index contributed by atoms with van der Waals surface area (Å²) in [6.45, 7) is 10.5. The van der Waals surface area contributed by atoms with Crippen LogP contribution in [0, 0.1) is 0 Å². The van der Waals surface area contributed by atoms with Crippen LogP contribution < -0.4 is 10.6 Å². The van der Waals surface area contributed by atoms with Crippen LogP contribution in [0.25, 0.3) is 0 Å². The van der Waals surface area contributed by atoms with Crippen LogP contribution in [-0.2, 0) is 0 Å². The van der Waals surface area contributed by atoms with Gasteiger partial charge < -0.3 is 15.5 Å². The van der Waals surface area contributed by atoms with Crippen molar-refractivity contribution < 1.29 is 0 Å². The molecule has 0 spiro atoms. The molecule has 130 valence electrons. The number of nitrogens with one attached hydrogen (secondary N) is 2. The van der Waals surface area contributed by atoms with E-state index in [4.69, 9.17) is 0 Å². The van der Waals surface area contributed by atoms with E-state index in [0.717, 1.165) is 32.1 Å². The Morgan fingerprint density at radius 3 is 2.52 bits per heavy atom. The molecule has 0 bridgehead atoms. The lowest BCUT2D eigenvalue weighted by Gasteiger charge is -2.24. The smallest absolute Gasteiger partial charge is 0.193 e. The maximum atomic E-state index is 4.44. The van der Waals surface area contributed by atoms with Crippen molar-refractivity contribution in [2.45, 2.75) is 38.6 Å². The van der Waals surface area contributed by atoms with Gasteiger partial charge in [-0.2, -0.15) is 0 Å². The number of hydrogen-bond acceptors (Lipinski definition) is 2. The second kappa shape index (κ2) is 9.47. The quantitative estimate of drug-likeness (QED) is 0.334. The van der Waals surface area contributed by atoms with Gasteiger partial charge in [-0.3, -0.25) is 4.99 Å². The molecule has 0 saturated carbocycles. The molecule has 0 aliphatic carbocycles. The largest absolute Gasteiger partial charge is 0.355 e. The SMILES string of the molecule is CN=C(NCCNC(C)(C)C)N1CCC(c2ccccc2)C1.I. The van der Waals surface area contributed by atoms with E-state index in [1.807, 2.05) is 7.05 Å². The van der Waals surface area contributed by atoms with Crippen LogP contribution in [-0.4, -0.2) is 49.6 Å². The van der Waals surface area contributed by atoms with Crippen molar-refractivity contribution in [3.8, 4) is 0 Å². The minimum Gasteiger partial charge on any atom is -0.355 e. The fraction of sp³-hybridized carbons (Fsp3) is 0.611. The van der Waals surface area contributed by atoms with Gasteiger partial charge in [-0.25, -0.2) is 0 Å². The molecule has 1 aromatic rings. The van der Waals surface area contributed by atoms with E-state index in [1.54, 1.807) is 0 Å². The lowest BCUT2D eigenvalue weighted by Crippen LogP contribution is -2.45. The molecular weight excluding hydrogens is 399 g/mol. The average molecular weight is 430 g/mol. The number of halogens is 1. The van der Waals surface area contributed by atoms with Crippen LogP contribution in [0.15, 0.2) is 35.3 Å². The number of aliphatic imine (C=N–C) groups is 1. The van der Waals surface area contributed by atoms with E-state index in [0.29, 0.717) is 5.92 Å². The van der Waals surface area contributed by atoms with Crippen LogP contribution in [0.3, 0.4) is 0 Å². The van der Waals surface area contributed by atoms with Gasteiger partial charge in [0.2, 0.25) is 0 Å². The fourth-order valence-electron chi connectivity index (χ4n) is 2.89. The van der Waals surface area contributed by atoms with Crippen LogP contribution in [0.1, 0.15) is 38.7 Å². The Balaban J connectivity index is 0.00000264. The summed E-state index contributed by atoms with van der Waals surface area (Å²) < 4.78 is 0. The molecule has 0 amide bonds. The van der Waals surface area contributed by atoms with Crippen molar-refractivity contribution in [1.82, 2.24) is 15.5 Å². The summed E-state index contributed by atoms with van der Waals surface area (Å²) >= 11 is 0. The first-order valence-corrected chi connectivity index (χ1v) is 8.25. The average Bonchev–Trinajstić information content (AvgIpc) is 2.97. The lowest BCUT2D eigenvalue weighted by molar-refractivity contribution is 0.423. The molecule has 5 heteroatoms. The predicted octanol–water partition coefficient (Wildman–Crippen LogP) is 3.06. The molecule has 1 fully saturated rings. The minimum absolute atomic E-state index is 0. The second-order valence-electron chi connectivity index (χ2n) is 6.99. The molecule has 1 heterocycles. The minimum atomic E-state index is 0. The Hall–Kier alpha value is -0.820. The number of hydrogen-bond donors (Lipinski definition) is 2. The molecule has 1 unspecified atom stereocenters. The highest BCUT2D eigenvalue weighted by Crippen LogP contribution is 2.26. The predicted molar refractivity (Wildman–Crippen MR) is 110 cm³/mol. The van der Waals surface area contributed by atoms with E-state index in [9.17, 15) is 0 Å². The number of nitrogens with zero attached hydrogens (tertiary/aromatic N) is 2. The van der Waals surface area contributed by atoms with Crippen LogP contribution in [0.5, 0.6) is 0 Å². The van der Waals surface area contributed by atoms with E-state index in [-0.39, 0.29) is 29.5 Å². The maximum absolute atomic E-state index is 4.44. The zero-order chi connectivity index (χ0) is 16.0.